The van der Waals surface area contributed by atoms with Crippen LogP contribution in [-0.4, -0.2) is 31.5 Å². The first-order chi connectivity index (χ1) is 16.8. The van der Waals surface area contributed by atoms with Crippen molar-refractivity contribution < 1.29 is 19.1 Å². The number of nitrogens with zero attached hydrogens (tertiary/aromatic N) is 1. The van der Waals surface area contributed by atoms with E-state index in [1.165, 1.54) is 0 Å². The number of carbonyl (C=O) groups excluding carboxylic acids is 2. The van der Waals surface area contributed by atoms with Crippen LogP contribution in [0.15, 0.2) is 71.7 Å². The molecule has 1 amide bonds. The van der Waals surface area contributed by atoms with Crippen molar-refractivity contribution in [3.05, 3.63) is 88.4 Å². The highest BCUT2D eigenvalue weighted by Crippen LogP contribution is 2.25. The number of halogens is 1. The summed E-state index contributed by atoms with van der Waals surface area (Å²) in [7, 11) is 1.62. The van der Waals surface area contributed by atoms with Crippen LogP contribution in [0, 0.1) is 0 Å². The zero-order chi connectivity index (χ0) is 25.2. The van der Waals surface area contributed by atoms with Crippen molar-refractivity contribution in [3.8, 4) is 11.5 Å². The van der Waals surface area contributed by atoms with Crippen molar-refractivity contribution >= 4 is 35.1 Å². The van der Waals surface area contributed by atoms with Crippen molar-refractivity contribution in [3.63, 3.8) is 0 Å². The van der Waals surface area contributed by atoms with E-state index in [2.05, 4.69) is 10.3 Å². The third kappa shape index (κ3) is 8.04. The van der Waals surface area contributed by atoms with Gasteiger partial charge in [-0.1, -0.05) is 29.8 Å². The highest BCUT2D eigenvalue weighted by Gasteiger charge is 2.11. The number of rotatable bonds is 10. The average Bonchev–Trinajstić information content (AvgIpc) is 2.84. The summed E-state index contributed by atoms with van der Waals surface area (Å²) in [5, 5.41) is 3.34. The Balaban J connectivity index is 1.46. The van der Waals surface area contributed by atoms with Gasteiger partial charge in [0.1, 0.15) is 11.5 Å². The third-order valence-electron chi connectivity index (χ3n) is 5.11. The van der Waals surface area contributed by atoms with Crippen LogP contribution in [-0.2, 0) is 17.6 Å². The Hall–Kier alpha value is -4.04. The molecule has 9 heteroatoms. The van der Waals surface area contributed by atoms with Gasteiger partial charge in [0.15, 0.2) is 5.96 Å². The smallest absolute Gasteiger partial charge is 0.343 e. The lowest BCUT2D eigenvalue weighted by Gasteiger charge is -2.09. The lowest BCUT2D eigenvalue weighted by Crippen LogP contribution is -2.25. The van der Waals surface area contributed by atoms with E-state index in [0.29, 0.717) is 41.4 Å². The summed E-state index contributed by atoms with van der Waals surface area (Å²) in [6, 6.07) is 19.0. The van der Waals surface area contributed by atoms with Crippen LogP contribution >= 0.6 is 11.6 Å². The SMILES string of the molecule is COc1ccc(CCNC(=O)CCc2ccc(OC(=O)c3ccc(N=C(N)N)cc3)cc2Cl)cc1. The van der Waals surface area contributed by atoms with Gasteiger partial charge < -0.3 is 26.3 Å². The standard InChI is InChI=1S/C26H27ClN4O4/c1-34-21-10-2-17(3-11-21)14-15-30-24(32)13-7-18-6-12-22(16-23(18)27)35-25(33)19-4-8-20(9-5-19)31-26(28)29/h2-6,8-12,16H,7,13-15H2,1H3,(H,30,32)(H4,28,29,31). The van der Waals surface area contributed by atoms with Crippen molar-refractivity contribution in [1.82, 2.24) is 5.32 Å². The van der Waals surface area contributed by atoms with E-state index in [-0.39, 0.29) is 11.9 Å². The molecule has 0 bridgehead atoms. The molecule has 0 aliphatic carbocycles. The zero-order valence-electron chi connectivity index (χ0n) is 19.3. The van der Waals surface area contributed by atoms with Crippen LogP contribution in [0.2, 0.25) is 5.02 Å². The van der Waals surface area contributed by atoms with Crippen LogP contribution in [0.5, 0.6) is 11.5 Å². The van der Waals surface area contributed by atoms with E-state index >= 15 is 0 Å². The molecular weight excluding hydrogens is 468 g/mol. The van der Waals surface area contributed by atoms with Gasteiger partial charge in [-0.2, -0.15) is 0 Å². The van der Waals surface area contributed by atoms with E-state index in [1.807, 2.05) is 24.3 Å². The molecule has 35 heavy (non-hydrogen) atoms. The minimum Gasteiger partial charge on any atom is -0.497 e. The molecule has 0 radical (unpaired) electrons. The van der Waals surface area contributed by atoms with E-state index < -0.39 is 5.97 Å². The quantitative estimate of drug-likeness (QED) is 0.170. The van der Waals surface area contributed by atoms with E-state index in [9.17, 15) is 9.59 Å². The number of nitrogens with one attached hydrogen (secondary N) is 1. The monoisotopic (exact) mass is 494 g/mol. The van der Waals surface area contributed by atoms with Crippen LogP contribution in [0.25, 0.3) is 0 Å². The van der Waals surface area contributed by atoms with Crippen molar-refractivity contribution in [2.24, 2.45) is 16.5 Å². The number of hydrogen-bond donors (Lipinski definition) is 3. The summed E-state index contributed by atoms with van der Waals surface area (Å²) in [5.41, 5.74) is 13.4. The van der Waals surface area contributed by atoms with E-state index in [0.717, 1.165) is 23.3 Å². The Morgan fingerprint density at radius 2 is 1.63 bits per heavy atom. The highest BCUT2D eigenvalue weighted by molar-refractivity contribution is 6.31. The Bertz CT molecular complexity index is 1190. The summed E-state index contributed by atoms with van der Waals surface area (Å²) < 4.78 is 10.5. The summed E-state index contributed by atoms with van der Waals surface area (Å²) in [6.07, 6.45) is 1.49. The average molecular weight is 495 g/mol. The van der Waals surface area contributed by atoms with Crippen molar-refractivity contribution in [2.75, 3.05) is 13.7 Å². The van der Waals surface area contributed by atoms with Gasteiger partial charge in [-0.3, -0.25) is 4.79 Å². The first-order valence-corrected chi connectivity index (χ1v) is 11.3. The number of nitrogens with two attached hydrogens (primary N) is 2. The number of esters is 1. The maximum atomic E-state index is 12.4. The number of guanidine groups is 1. The second kappa shape index (κ2) is 12.4. The third-order valence-corrected chi connectivity index (χ3v) is 5.46. The maximum absolute atomic E-state index is 12.4. The first-order valence-electron chi connectivity index (χ1n) is 10.9. The molecule has 0 spiro atoms. The molecule has 3 aromatic carbocycles. The number of carbonyl (C=O) groups is 2. The van der Waals surface area contributed by atoms with Gasteiger partial charge in [0, 0.05) is 18.0 Å². The largest absolute Gasteiger partial charge is 0.497 e. The van der Waals surface area contributed by atoms with Gasteiger partial charge in [0.05, 0.1) is 18.4 Å². The van der Waals surface area contributed by atoms with Crippen LogP contribution < -0.4 is 26.3 Å². The zero-order valence-corrected chi connectivity index (χ0v) is 20.0. The molecule has 0 unspecified atom stereocenters. The van der Waals surface area contributed by atoms with Gasteiger partial charge in [-0.25, -0.2) is 9.79 Å². The molecule has 0 fully saturated rings. The Morgan fingerprint density at radius 1 is 0.943 bits per heavy atom. The lowest BCUT2D eigenvalue weighted by molar-refractivity contribution is -0.121. The number of hydrogen-bond acceptors (Lipinski definition) is 5. The number of aliphatic imine (C=N–C) groups is 1. The molecule has 0 aliphatic rings. The second-order valence-electron chi connectivity index (χ2n) is 7.67. The summed E-state index contributed by atoms with van der Waals surface area (Å²) >= 11 is 6.35. The molecule has 3 rings (SSSR count). The number of ether oxygens (including phenoxy) is 2. The molecule has 8 nitrogen and oxygen atoms in total. The number of methoxy groups -OCH3 is 1. The van der Waals surface area contributed by atoms with Gasteiger partial charge in [-0.15, -0.1) is 0 Å². The predicted molar refractivity (Wildman–Crippen MR) is 136 cm³/mol. The molecule has 0 aromatic heterocycles. The highest BCUT2D eigenvalue weighted by atomic mass is 35.5. The molecule has 3 aromatic rings. The lowest BCUT2D eigenvalue weighted by atomic mass is 10.1. The minimum atomic E-state index is -0.540. The number of aryl methyl sites for hydroxylation is 1. The molecule has 0 aliphatic heterocycles. The Labute approximate surface area is 208 Å². The Morgan fingerprint density at radius 3 is 2.26 bits per heavy atom. The Kier molecular flexibility index (Phi) is 9.09. The van der Waals surface area contributed by atoms with Crippen LogP contribution in [0.3, 0.4) is 0 Å². The number of amides is 1. The summed E-state index contributed by atoms with van der Waals surface area (Å²) in [6.45, 7) is 0.542. The van der Waals surface area contributed by atoms with Crippen molar-refractivity contribution in [1.29, 1.82) is 0 Å². The van der Waals surface area contributed by atoms with Crippen LogP contribution in [0.4, 0.5) is 5.69 Å². The van der Waals surface area contributed by atoms with Gasteiger partial charge in [0.2, 0.25) is 5.91 Å². The molecule has 0 heterocycles. The topological polar surface area (TPSA) is 129 Å². The first kappa shape index (κ1) is 25.6. The normalized spacial score (nSPS) is 10.3. The van der Waals surface area contributed by atoms with Gasteiger partial charge in [0.25, 0.3) is 0 Å². The predicted octanol–water partition coefficient (Wildman–Crippen LogP) is 3.76. The molecule has 182 valence electrons. The fourth-order valence-corrected chi connectivity index (χ4v) is 3.52. The fraction of sp³-hybridized carbons (Fsp3) is 0.192. The number of benzene rings is 3. The molecule has 0 saturated heterocycles. The maximum Gasteiger partial charge on any atom is 0.343 e. The van der Waals surface area contributed by atoms with Crippen molar-refractivity contribution in [2.45, 2.75) is 19.3 Å². The van der Waals surface area contributed by atoms with Gasteiger partial charge in [-0.05, 0) is 72.5 Å². The summed E-state index contributed by atoms with van der Waals surface area (Å²) in [4.78, 5) is 28.5. The second-order valence-corrected chi connectivity index (χ2v) is 8.08. The van der Waals surface area contributed by atoms with E-state index in [4.69, 9.17) is 32.5 Å². The molecular formula is C26H27ClN4O4. The molecule has 0 saturated carbocycles. The fourth-order valence-electron chi connectivity index (χ4n) is 3.26. The van der Waals surface area contributed by atoms with Crippen LogP contribution in [0.1, 0.15) is 27.9 Å². The van der Waals surface area contributed by atoms with E-state index in [1.54, 1.807) is 49.6 Å². The van der Waals surface area contributed by atoms with Gasteiger partial charge >= 0.3 is 5.97 Å². The summed E-state index contributed by atoms with van der Waals surface area (Å²) in [5.74, 6) is 0.436. The minimum absolute atomic E-state index is 0.0609. The molecule has 0 atom stereocenters. The molecule has 5 N–H and O–H groups in total.